The van der Waals surface area contributed by atoms with Crippen molar-refractivity contribution in [2.75, 3.05) is 26.7 Å². The molecule has 0 aromatic carbocycles. The van der Waals surface area contributed by atoms with Gasteiger partial charge in [0, 0.05) is 6.54 Å². The second kappa shape index (κ2) is 3.35. The van der Waals surface area contributed by atoms with Gasteiger partial charge in [0.2, 0.25) is 0 Å². The summed E-state index contributed by atoms with van der Waals surface area (Å²) < 4.78 is 0. The van der Waals surface area contributed by atoms with Crippen LogP contribution in [0.2, 0.25) is 0 Å². The van der Waals surface area contributed by atoms with Gasteiger partial charge in [-0.2, -0.15) is 0 Å². The van der Waals surface area contributed by atoms with Gasteiger partial charge in [-0.05, 0) is 26.6 Å². The Morgan fingerprint density at radius 1 is 1.40 bits per heavy atom. The van der Waals surface area contributed by atoms with Crippen LogP contribution in [0.4, 0.5) is 0 Å². The van der Waals surface area contributed by atoms with E-state index < -0.39 is 0 Å². The first-order valence-electron chi connectivity index (χ1n) is 4.23. The highest BCUT2D eigenvalue weighted by atomic mass is 15.4. The molecule has 1 saturated heterocycles. The third-order valence-corrected chi connectivity index (χ3v) is 2.48. The zero-order valence-corrected chi connectivity index (χ0v) is 7.30. The van der Waals surface area contributed by atoms with Gasteiger partial charge in [-0.3, -0.25) is 9.80 Å². The number of nitrogens with zero attached hydrogens (tertiary/aromatic N) is 2. The van der Waals surface area contributed by atoms with E-state index in [0.717, 1.165) is 6.17 Å². The van der Waals surface area contributed by atoms with Gasteiger partial charge in [0.25, 0.3) is 0 Å². The van der Waals surface area contributed by atoms with Crippen LogP contribution in [0.5, 0.6) is 0 Å². The van der Waals surface area contributed by atoms with Gasteiger partial charge in [-0.15, -0.1) is 0 Å². The van der Waals surface area contributed by atoms with Gasteiger partial charge in [-0.1, -0.05) is 13.8 Å². The molecule has 2 nitrogen and oxygen atoms in total. The number of likely N-dealkylation sites (tertiary alicyclic amines) is 1. The van der Waals surface area contributed by atoms with E-state index in [4.69, 9.17) is 0 Å². The lowest BCUT2D eigenvalue weighted by Gasteiger charge is -2.44. The Bertz CT molecular complexity index is 96.7. The van der Waals surface area contributed by atoms with Crippen molar-refractivity contribution in [1.82, 2.24) is 9.80 Å². The lowest BCUT2D eigenvalue weighted by Crippen LogP contribution is -2.55. The normalized spacial score (nSPS) is 27.0. The fourth-order valence-corrected chi connectivity index (χ4v) is 1.61. The minimum absolute atomic E-state index is 0.745. The predicted octanol–water partition coefficient (Wildman–Crippen LogP) is 0.990. The Morgan fingerprint density at radius 3 is 2.10 bits per heavy atom. The van der Waals surface area contributed by atoms with Crippen LogP contribution in [0.15, 0.2) is 0 Å². The van der Waals surface area contributed by atoms with E-state index in [-0.39, 0.29) is 0 Å². The highest BCUT2D eigenvalue weighted by Gasteiger charge is 2.27. The molecule has 10 heavy (non-hydrogen) atoms. The molecule has 1 rings (SSSR count). The average Bonchev–Trinajstić information content (AvgIpc) is 1.96. The second-order valence-electron chi connectivity index (χ2n) is 2.97. The third-order valence-electron chi connectivity index (χ3n) is 2.48. The lowest BCUT2D eigenvalue weighted by molar-refractivity contribution is -0.00934. The standard InChI is InChI=1S/C8H18N2/c1-4-10(5-2)8-6-7-9(8)3/h8H,4-7H2,1-3H3. The van der Waals surface area contributed by atoms with Crippen LogP contribution in [0.1, 0.15) is 20.3 Å². The molecule has 0 aromatic rings. The van der Waals surface area contributed by atoms with Crippen molar-refractivity contribution in [1.29, 1.82) is 0 Å². The van der Waals surface area contributed by atoms with Crippen LogP contribution in [0, 0.1) is 0 Å². The molecular weight excluding hydrogens is 124 g/mol. The molecule has 1 unspecified atom stereocenters. The molecule has 1 fully saturated rings. The smallest absolute Gasteiger partial charge is 0.0632 e. The minimum atomic E-state index is 0.745. The molecule has 1 aliphatic heterocycles. The fourth-order valence-electron chi connectivity index (χ4n) is 1.61. The first-order valence-corrected chi connectivity index (χ1v) is 4.23. The molecular formula is C8H18N2. The maximum absolute atomic E-state index is 2.50. The van der Waals surface area contributed by atoms with Crippen molar-refractivity contribution in [3.05, 3.63) is 0 Å². The van der Waals surface area contributed by atoms with E-state index in [0.29, 0.717) is 0 Å². The quantitative estimate of drug-likeness (QED) is 0.580. The van der Waals surface area contributed by atoms with Crippen LogP contribution < -0.4 is 0 Å². The summed E-state index contributed by atoms with van der Waals surface area (Å²) in [5, 5.41) is 0. The van der Waals surface area contributed by atoms with E-state index in [1.54, 1.807) is 0 Å². The molecule has 60 valence electrons. The molecule has 1 heterocycles. The van der Waals surface area contributed by atoms with E-state index in [1.807, 2.05) is 0 Å². The van der Waals surface area contributed by atoms with Crippen LogP contribution >= 0.6 is 0 Å². The Labute approximate surface area is 63.8 Å². The highest BCUT2D eigenvalue weighted by molar-refractivity contribution is 4.79. The first kappa shape index (κ1) is 8.02. The van der Waals surface area contributed by atoms with Crippen LogP contribution in [0.25, 0.3) is 0 Å². The summed E-state index contributed by atoms with van der Waals surface area (Å²) in [5.41, 5.74) is 0. The average molecular weight is 142 g/mol. The summed E-state index contributed by atoms with van der Waals surface area (Å²) in [6.45, 7) is 8.11. The van der Waals surface area contributed by atoms with Crippen LogP contribution in [-0.2, 0) is 0 Å². The molecule has 0 bridgehead atoms. The Kier molecular flexibility index (Phi) is 2.69. The number of hydrogen-bond donors (Lipinski definition) is 0. The summed E-state index contributed by atoms with van der Waals surface area (Å²) in [7, 11) is 2.20. The topological polar surface area (TPSA) is 6.48 Å². The maximum Gasteiger partial charge on any atom is 0.0632 e. The van der Waals surface area contributed by atoms with Crippen molar-refractivity contribution in [3.8, 4) is 0 Å². The van der Waals surface area contributed by atoms with E-state index in [2.05, 4.69) is 30.7 Å². The summed E-state index contributed by atoms with van der Waals surface area (Å²) in [4.78, 5) is 4.91. The van der Waals surface area contributed by atoms with Gasteiger partial charge >= 0.3 is 0 Å². The van der Waals surface area contributed by atoms with E-state index in [1.165, 1.54) is 26.1 Å². The van der Waals surface area contributed by atoms with Crippen molar-refractivity contribution >= 4 is 0 Å². The molecule has 0 amide bonds. The van der Waals surface area contributed by atoms with Gasteiger partial charge in [0.05, 0.1) is 6.17 Å². The summed E-state index contributed by atoms with van der Waals surface area (Å²) in [6, 6.07) is 0. The predicted molar refractivity (Wildman–Crippen MR) is 44.0 cm³/mol. The Balaban J connectivity index is 2.31. The molecule has 0 spiro atoms. The van der Waals surface area contributed by atoms with Crippen molar-refractivity contribution in [2.45, 2.75) is 26.4 Å². The number of hydrogen-bond acceptors (Lipinski definition) is 2. The van der Waals surface area contributed by atoms with Gasteiger partial charge in [0.15, 0.2) is 0 Å². The second-order valence-corrected chi connectivity index (χ2v) is 2.97. The number of rotatable bonds is 3. The molecule has 0 N–H and O–H groups in total. The minimum Gasteiger partial charge on any atom is -0.291 e. The van der Waals surface area contributed by atoms with Crippen molar-refractivity contribution in [3.63, 3.8) is 0 Å². The molecule has 1 aliphatic rings. The zero-order chi connectivity index (χ0) is 7.56. The Hall–Kier alpha value is -0.0800. The molecule has 0 radical (unpaired) electrons. The highest BCUT2D eigenvalue weighted by Crippen LogP contribution is 2.17. The zero-order valence-electron chi connectivity index (χ0n) is 7.30. The molecule has 2 heteroatoms. The van der Waals surface area contributed by atoms with E-state index >= 15 is 0 Å². The van der Waals surface area contributed by atoms with Crippen molar-refractivity contribution in [2.24, 2.45) is 0 Å². The first-order chi connectivity index (χ1) is 4.79. The monoisotopic (exact) mass is 142 g/mol. The van der Waals surface area contributed by atoms with Crippen LogP contribution in [-0.4, -0.2) is 42.6 Å². The summed E-state index contributed by atoms with van der Waals surface area (Å²) in [5.74, 6) is 0. The Morgan fingerprint density at radius 2 is 2.00 bits per heavy atom. The van der Waals surface area contributed by atoms with Gasteiger partial charge < -0.3 is 0 Å². The molecule has 0 aromatic heterocycles. The van der Waals surface area contributed by atoms with Crippen molar-refractivity contribution < 1.29 is 0 Å². The third kappa shape index (κ3) is 1.32. The molecule has 1 atom stereocenters. The van der Waals surface area contributed by atoms with E-state index in [9.17, 15) is 0 Å². The summed E-state index contributed by atoms with van der Waals surface area (Å²) in [6.07, 6.45) is 2.10. The summed E-state index contributed by atoms with van der Waals surface area (Å²) >= 11 is 0. The fraction of sp³-hybridized carbons (Fsp3) is 1.00. The largest absolute Gasteiger partial charge is 0.291 e. The molecule has 0 aliphatic carbocycles. The molecule has 0 saturated carbocycles. The maximum atomic E-state index is 2.50. The van der Waals surface area contributed by atoms with Crippen LogP contribution in [0.3, 0.4) is 0 Å². The van der Waals surface area contributed by atoms with Gasteiger partial charge in [-0.25, -0.2) is 0 Å². The SMILES string of the molecule is CCN(CC)C1CCN1C. The van der Waals surface area contributed by atoms with Gasteiger partial charge in [0.1, 0.15) is 0 Å². The lowest BCUT2D eigenvalue weighted by atomic mass is 10.1.